The van der Waals surface area contributed by atoms with Crippen molar-refractivity contribution in [1.29, 1.82) is 0 Å². The fourth-order valence-corrected chi connectivity index (χ4v) is 2.31. The molecular formula is C14H20F2N2O2S. The summed E-state index contributed by atoms with van der Waals surface area (Å²) in [6.07, 6.45) is 2.50. The van der Waals surface area contributed by atoms with Gasteiger partial charge in [-0.2, -0.15) is 20.5 Å². The van der Waals surface area contributed by atoms with Crippen LogP contribution >= 0.6 is 11.8 Å². The molecule has 0 aliphatic rings. The number of nitrogens with one attached hydrogen (secondary N) is 1. The van der Waals surface area contributed by atoms with Gasteiger partial charge in [0, 0.05) is 5.56 Å². The molecule has 2 atom stereocenters. The van der Waals surface area contributed by atoms with E-state index < -0.39 is 18.7 Å². The molecule has 1 rings (SSSR count). The topological polar surface area (TPSA) is 64.4 Å². The van der Waals surface area contributed by atoms with Crippen molar-refractivity contribution in [1.82, 2.24) is 5.32 Å². The molecule has 1 unspecified atom stereocenters. The number of ether oxygens (including phenoxy) is 1. The second-order valence-electron chi connectivity index (χ2n) is 4.53. The van der Waals surface area contributed by atoms with E-state index >= 15 is 0 Å². The lowest BCUT2D eigenvalue weighted by Crippen LogP contribution is -2.42. The number of benzene rings is 1. The van der Waals surface area contributed by atoms with E-state index in [0.29, 0.717) is 12.0 Å². The summed E-state index contributed by atoms with van der Waals surface area (Å²) in [4.78, 5) is 11.9. The van der Waals surface area contributed by atoms with Crippen LogP contribution in [0.2, 0.25) is 0 Å². The maximum absolute atomic E-state index is 12.4. The van der Waals surface area contributed by atoms with Crippen molar-refractivity contribution >= 4 is 17.7 Å². The molecule has 0 spiro atoms. The number of hydrogen-bond donors (Lipinski definition) is 2. The van der Waals surface area contributed by atoms with E-state index in [4.69, 9.17) is 5.73 Å². The first kappa shape index (κ1) is 17.7. The quantitative estimate of drug-likeness (QED) is 0.773. The Balaban J connectivity index is 2.70. The van der Waals surface area contributed by atoms with E-state index in [1.807, 2.05) is 6.26 Å². The largest absolute Gasteiger partial charge is 0.434 e. The summed E-state index contributed by atoms with van der Waals surface area (Å²) in [6.45, 7) is -1.20. The van der Waals surface area contributed by atoms with Crippen LogP contribution in [-0.2, 0) is 4.79 Å². The second kappa shape index (κ2) is 8.84. The fraction of sp³-hybridized carbons (Fsp3) is 0.500. The Morgan fingerprint density at radius 3 is 2.71 bits per heavy atom. The minimum atomic E-state index is -2.90. The van der Waals surface area contributed by atoms with Gasteiger partial charge in [-0.1, -0.05) is 18.2 Å². The molecule has 0 aliphatic heterocycles. The third-order valence-electron chi connectivity index (χ3n) is 2.93. The van der Waals surface area contributed by atoms with Gasteiger partial charge in [-0.05, 0) is 31.4 Å². The van der Waals surface area contributed by atoms with Crippen molar-refractivity contribution in [2.24, 2.45) is 5.73 Å². The summed E-state index contributed by atoms with van der Waals surface area (Å²) < 4.78 is 29.2. The predicted octanol–water partition coefficient (Wildman–Crippen LogP) is 2.55. The monoisotopic (exact) mass is 318 g/mol. The van der Waals surface area contributed by atoms with Crippen LogP contribution in [0.15, 0.2) is 24.3 Å². The van der Waals surface area contributed by atoms with E-state index in [9.17, 15) is 13.6 Å². The molecule has 3 N–H and O–H groups in total. The van der Waals surface area contributed by atoms with Gasteiger partial charge in [0.05, 0.1) is 12.1 Å². The Kier molecular flexibility index (Phi) is 7.45. The highest BCUT2D eigenvalue weighted by molar-refractivity contribution is 7.98. The summed E-state index contributed by atoms with van der Waals surface area (Å²) in [5.74, 6) is 0.537. The highest BCUT2D eigenvalue weighted by Crippen LogP contribution is 2.26. The van der Waals surface area contributed by atoms with Crippen molar-refractivity contribution in [3.63, 3.8) is 0 Å². The zero-order chi connectivity index (χ0) is 15.8. The molecule has 4 nitrogen and oxygen atoms in total. The lowest BCUT2D eigenvalue weighted by atomic mass is 10.1. The summed E-state index contributed by atoms with van der Waals surface area (Å²) in [6, 6.07) is 5.30. The number of hydrogen-bond acceptors (Lipinski definition) is 4. The highest BCUT2D eigenvalue weighted by Gasteiger charge is 2.19. The first-order chi connectivity index (χ1) is 9.95. The molecule has 0 saturated carbocycles. The Hall–Kier alpha value is -1.34. The highest BCUT2D eigenvalue weighted by atomic mass is 32.2. The first-order valence-electron chi connectivity index (χ1n) is 6.54. The number of thioether (sulfide) groups is 1. The Morgan fingerprint density at radius 1 is 1.43 bits per heavy atom. The van der Waals surface area contributed by atoms with Gasteiger partial charge in [0.2, 0.25) is 5.91 Å². The van der Waals surface area contributed by atoms with Gasteiger partial charge >= 0.3 is 6.61 Å². The average molecular weight is 318 g/mol. The molecule has 0 radical (unpaired) electrons. The van der Waals surface area contributed by atoms with Crippen LogP contribution in [0.4, 0.5) is 8.78 Å². The number of halogens is 2. The minimum Gasteiger partial charge on any atom is -0.434 e. The average Bonchev–Trinajstić information content (AvgIpc) is 2.44. The van der Waals surface area contributed by atoms with Crippen molar-refractivity contribution in [3.8, 4) is 5.75 Å². The molecule has 0 heterocycles. The van der Waals surface area contributed by atoms with Crippen LogP contribution in [0, 0.1) is 0 Å². The Morgan fingerprint density at radius 2 is 2.10 bits per heavy atom. The zero-order valence-corrected chi connectivity index (χ0v) is 12.8. The summed E-state index contributed by atoms with van der Waals surface area (Å²) >= 11 is 1.61. The molecule has 0 aromatic heterocycles. The molecule has 0 aliphatic carbocycles. The molecule has 0 bridgehead atoms. The summed E-state index contributed by atoms with van der Waals surface area (Å²) in [5.41, 5.74) is 6.26. The normalized spacial score (nSPS) is 13.8. The van der Waals surface area contributed by atoms with Crippen LogP contribution in [0.1, 0.15) is 24.9 Å². The number of alkyl halides is 2. The van der Waals surface area contributed by atoms with Crippen molar-refractivity contribution < 1.29 is 18.3 Å². The number of rotatable bonds is 8. The van der Waals surface area contributed by atoms with E-state index in [2.05, 4.69) is 10.1 Å². The molecule has 21 heavy (non-hydrogen) atoms. The molecule has 1 aromatic rings. The van der Waals surface area contributed by atoms with Crippen LogP contribution in [0.5, 0.6) is 5.75 Å². The van der Waals surface area contributed by atoms with E-state index in [0.717, 1.165) is 5.75 Å². The third-order valence-corrected chi connectivity index (χ3v) is 3.57. The number of carbonyl (C=O) groups is 1. The second-order valence-corrected chi connectivity index (χ2v) is 5.52. The van der Waals surface area contributed by atoms with Crippen molar-refractivity contribution in [2.75, 3.05) is 12.0 Å². The minimum absolute atomic E-state index is 0.0537. The first-order valence-corrected chi connectivity index (χ1v) is 7.93. The van der Waals surface area contributed by atoms with E-state index in [1.165, 1.54) is 6.07 Å². The van der Waals surface area contributed by atoms with Gasteiger partial charge in [0.25, 0.3) is 0 Å². The maximum Gasteiger partial charge on any atom is 0.387 e. The molecule has 0 fully saturated rings. The number of amides is 1. The van der Waals surface area contributed by atoms with Crippen LogP contribution < -0.4 is 15.8 Å². The Bertz CT molecular complexity index is 460. The number of nitrogens with two attached hydrogens (primary N) is 1. The molecule has 1 amide bonds. The van der Waals surface area contributed by atoms with Gasteiger partial charge in [0.15, 0.2) is 0 Å². The molecule has 7 heteroatoms. The van der Waals surface area contributed by atoms with Gasteiger partial charge < -0.3 is 15.8 Å². The third kappa shape index (κ3) is 5.89. The lowest BCUT2D eigenvalue weighted by molar-refractivity contribution is -0.123. The zero-order valence-electron chi connectivity index (χ0n) is 12.0. The van der Waals surface area contributed by atoms with Crippen LogP contribution in [-0.4, -0.2) is 30.6 Å². The van der Waals surface area contributed by atoms with Crippen molar-refractivity contribution in [2.45, 2.75) is 32.0 Å². The summed E-state index contributed by atoms with van der Waals surface area (Å²) in [5, 5.41) is 2.72. The van der Waals surface area contributed by atoms with Gasteiger partial charge in [0.1, 0.15) is 5.75 Å². The maximum atomic E-state index is 12.4. The molecule has 118 valence electrons. The van der Waals surface area contributed by atoms with Crippen LogP contribution in [0.25, 0.3) is 0 Å². The predicted molar refractivity (Wildman–Crippen MR) is 80.6 cm³/mol. The van der Waals surface area contributed by atoms with Crippen LogP contribution in [0.3, 0.4) is 0 Å². The lowest BCUT2D eigenvalue weighted by Gasteiger charge is -2.20. The SMILES string of the molecule is CSCC[C@@H](N)C(=O)NC(C)c1ccccc1OC(F)F. The smallest absolute Gasteiger partial charge is 0.387 e. The summed E-state index contributed by atoms with van der Waals surface area (Å²) in [7, 11) is 0. The number of carbonyl (C=O) groups excluding carboxylic acids is 1. The van der Waals surface area contributed by atoms with E-state index in [1.54, 1.807) is 36.9 Å². The molecule has 0 saturated heterocycles. The van der Waals surface area contributed by atoms with Gasteiger partial charge in [-0.25, -0.2) is 0 Å². The number of para-hydroxylation sites is 1. The Labute approximate surface area is 127 Å². The van der Waals surface area contributed by atoms with Gasteiger partial charge in [-0.15, -0.1) is 0 Å². The fourth-order valence-electron chi connectivity index (χ4n) is 1.82. The standard InChI is InChI=1S/C14H20F2N2O2S/c1-9(18-13(19)11(17)7-8-21-2)10-5-3-4-6-12(10)20-14(15)16/h3-6,9,11,14H,7-8,17H2,1-2H3,(H,18,19)/t9?,11-/m1/s1. The molecular weight excluding hydrogens is 298 g/mol. The van der Waals surface area contributed by atoms with Gasteiger partial charge in [-0.3, -0.25) is 4.79 Å². The van der Waals surface area contributed by atoms with E-state index in [-0.39, 0.29) is 11.7 Å². The molecule has 1 aromatic carbocycles. The van der Waals surface area contributed by atoms with Crippen molar-refractivity contribution in [3.05, 3.63) is 29.8 Å².